The molecule has 1 rings (SSSR count). The first kappa shape index (κ1) is 32.2. The van der Waals surface area contributed by atoms with Crippen molar-refractivity contribution in [3.63, 3.8) is 0 Å². The summed E-state index contributed by atoms with van der Waals surface area (Å²) in [6, 6.07) is 7.61. The van der Waals surface area contributed by atoms with Gasteiger partial charge in [-0.1, -0.05) is 49.6 Å². The number of unbranched alkanes of at least 4 members (excludes halogenated alkanes) is 1. The average molecular weight is 504 g/mol. The molecule has 35 heavy (non-hydrogen) atoms. The topological polar surface area (TPSA) is 96.4 Å². The molecule has 1 aromatic rings. The molecule has 0 aliphatic heterocycles. The van der Waals surface area contributed by atoms with Gasteiger partial charge in [0, 0.05) is 43.5 Å². The summed E-state index contributed by atoms with van der Waals surface area (Å²) in [5.74, 6) is 0.832. The van der Waals surface area contributed by atoms with Gasteiger partial charge in [0.1, 0.15) is 12.1 Å². The minimum Gasteiger partial charge on any atom is -0.398 e. The molecule has 0 radical (unpaired) electrons. The van der Waals surface area contributed by atoms with Crippen molar-refractivity contribution in [2.75, 3.05) is 39.5 Å². The first-order chi connectivity index (χ1) is 16.8. The van der Waals surface area contributed by atoms with Crippen molar-refractivity contribution in [1.82, 2.24) is 15.5 Å². The van der Waals surface area contributed by atoms with Crippen LogP contribution >= 0.6 is 12.1 Å². The standard InChI is InChI=1S/C21H31FN4S.C6H11NO/c1-6-20(27-22)17(3)26(5)21(25-14-10-9-13-24-4)15-16(2)18-11-7-8-12-19(18)23;1-6(5-7)3-2-4-8/h6-8,11-12,15,24-25H,1-2,9-10,13-14,23H2,3-5H3;4H,1-3,5,7H2/b20-17+,21-15-;. The van der Waals surface area contributed by atoms with Crippen LogP contribution < -0.4 is 22.1 Å². The monoisotopic (exact) mass is 503 g/mol. The van der Waals surface area contributed by atoms with Crippen LogP contribution in [0.25, 0.3) is 5.57 Å². The molecule has 6 nitrogen and oxygen atoms in total. The molecule has 0 aromatic heterocycles. The normalized spacial score (nSPS) is 11.5. The molecule has 0 unspecified atom stereocenters. The Hall–Kier alpha value is -2.81. The number of carbonyl (C=O) groups is 1. The summed E-state index contributed by atoms with van der Waals surface area (Å²) in [6.45, 7) is 15.6. The molecular formula is C27H42FN5OS. The number of allylic oxidation sites excluding steroid dienone is 4. The summed E-state index contributed by atoms with van der Waals surface area (Å²) in [4.78, 5) is 12.1. The van der Waals surface area contributed by atoms with Crippen LogP contribution in [0.4, 0.5) is 9.57 Å². The van der Waals surface area contributed by atoms with Crippen molar-refractivity contribution >= 4 is 29.7 Å². The zero-order chi connectivity index (χ0) is 26.6. The van der Waals surface area contributed by atoms with Gasteiger partial charge in [-0.25, -0.2) is 0 Å². The maximum Gasteiger partial charge on any atom is 0.120 e. The number of nitrogen functional groups attached to an aromatic ring is 1. The summed E-state index contributed by atoms with van der Waals surface area (Å²) in [5, 5.41) is 6.58. The molecule has 0 saturated carbocycles. The molecule has 0 aliphatic carbocycles. The number of nitrogens with two attached hydrogens (primary N) is 2. The van der Waals surface area contributed by atoms with Gasteiger partial charge in [0.15, 0.2) is 0 Å². The highest BCUT2D eigenvalue weighted by Gasteiger charge is 2.12. The van der Waals surface area contributed by atoms with Gasteiger partial charge in [-0.15, -0.1) is 0 Å². The number of rotatable bonds is 16. The molecule has 8 heteroatoms. The molecule has 0 spiro atoms. The molecule has 194 valence electrons. The highest BCUT2D eigenvalue weighted by Crippen LogP contribution is 2.27. The van der Waals surface area contributed by atoms with Crippen molar-refractivity contribution in [2.24, 2.45) is 5.73 Å². The predicted molar refractivity (Wildman–Crippen MR) is 152 cm³/mol. The zero-order valence-electron chi connectivity index (χ0n) is 21.4. The Kier molecular flexibility index (Phi) is 17.9. The van der Waals surface area contributed by atoms with Crippen LogP contribution in [0.1, 0.15) is 38.2 Å². The van der Waals surface area contributed by atoms with E-state index < -0.39 is 0 Å². The van der Waals surface area contributed by atoms with Gasteiger partial charge in [-0.2, -0.15) is 3.89 Å². The summed E-state index contributed by atoms with van der Waals surface area (Å²) in [6.07, 6.45) is 7.71. The maximum atomic E-state index is 13.2. The van der Waals surface area contributed by atoms with Gasteiger partial charge < -0.3 is 31.8 Å². The number of carbonyl (C=O) groups excluding carboxylic acids is 1. The third-order valence-corrected chi connectivity index (χ3v) is 5.80. The van der Waals surface area contributed by atoms with Crippen LogP contribution in [0.15, 0.2) is 78.2 Å². The maximum absolute atomic E-state index is 13.2. The third kappa shape index (κ3) is 13.0. The van der Waals surface area contributed by atoms with Crippen molar-refractivity contribution < 1.29 is 8.68 Å². The fourth-order valence-corrected chi connectivity index (χ4v) is 3.20. The molecule has 6 N–H and O–H groups in total. The van der Waals surface area contributed by atoms with E-state index in [1.807, 2.05) is 56.3 Å². The minimum absolute atomic E-state index is 0.191. The van der Waals surface area contributed by atoms with Crippen molar-refractivity contribution in [1.29, 1.82) is 0 Å². The van der Waals surface area contributed by atoms with E-state index in [0.717, 1.165) is 66.9 Å². The Balaban J connectivity index is 0.00000124. The van der Waals surface area contributed by atoms with E-state index in [0.29, 0.717) is 23.6 Å². The molecule has 0 saturated heterocycles. The second-order valence-corrected chi connectivity index (χ2v) is 8.42. The first-order valence-corrected chi connectivity index (χ1v) is 12.3. The number of hydrogen-bond donors (Lipinski definition) is 4. The van der Waals surface area contributed by atoms with E-state index in [9.17, 15) is 8.68 Å². The molecule has 0 atom stereocenters. The zero-order valence-corrected chi connectivity index (χ0v) is 22.2. The van der Waals surface area contributed by atoms with Crippen LogP contribution in [0.5, 0.6) is 0 Å². The largest absolute Gasteiger partial charge is 0.398 e. The smallest absolute Gasteiger partial charge is 0.120 e. The fraction of sp³-hybridized carbons (Fsp3) is 0.370. The lowest BCUT2D eigenvalue weighted by atomic mass is 10.1. The molecule has 0 fully saturated rings. The van der Waals surface area contributed by atoms with Gasteiger partial charge in [-0.3, -0.25) is 0 Å². The lowest BCUT2D eigenvalue weighted by molar-refractivity contribution is -0.107. The summed E-state index contributed by atoms with van der Waals surface area (Å²) in [5.41, 5.74) is 15.3. The minimum atomic E-state index is 0.191. The number of para-hydroxylation sites is 1. The Morgan fingerprint density at radius 3 is 2.43 bits per heavy atom. The number of benzene rings is 1. The number of nitrogens with one attached hydrogen (secondary N) is 2. The Morgan fingerprint density at radius 2 is 1.89 bits per heavy atom. The molecule has 0 aliphatic rings. The van der Waals surface area contributed by atoms with Crippen LogP contribution in [0.2, 0.25) is 0 Å². The van der Waals surface area contributed by atoms with Crippen LogP contribution in [0, 0.1) is 0 Å². The summed E-state index contributed by atoms with van der Waals surface area (Å²) < 4.78 is 13.2. The molecule has 0 heterocycles. The molecule has 1 aromatic carbocycles. The number of aldehydes is 1. The second-order valence-electron chi connectivity index (χ2n) is 7.83. The van der Waals surface area contributed by atoms with E-state index in [2.05, 4.69) is 30.4 Å². The van der Waals surface area contributed by atoms with Crippen molar-refractivity contribution in [3.8, 4) is 0 Å². The van der Waals surface area contributed by atoms with Gasteiger partial charge in [0.05, 0.1) is 17.1 Å². The van der Waals surface area contributed by atoms with Gasteiger partial charge in [-0.05, 0) is 57.5 Å². The number of anilines is 1. The first-order valence-electron chi connectivity index (χ1n) is 11.6. The highest BCUT2D eigenvalue weighted by atomic mass is 32.2. The Morgan fingerprint density at radius 1 is 1.23 bits per heavy atom. The van der Waals surface area contributed by atoms with Crippen molar-refractivity contribution in [3.05, 3.63) is 83.7 Å². The van der Waals surface area contributed by atoms with Crippen LogP contribution in [0.3, 0.4) is 0 Å². The number of halogens is 1. The molecule has 0 amide bonds. The van der Waals surface area contributed by atoms with Crippen LogP contribution in [-0.2, 0) is 4.79 Å². The Labute approximate surface area is 215 Å². The van der Waals surface area contributed by atoms with Gasteiger partial charge >= 0.3 is 0 Å². The number of hydrogen-bond acceptors (Lipinski definition) is 7. The van der Waals surface area contributed by atoms with Crippen LogP contribution in [-0.4, -0.2) is 44.9 Å². The van der Waals surface area contributed by atoms with E-state index in [4.69, 9.17) is 11.5 Å². The lowest BCUT2D eigenvalue weighted by Gasteiger charge is -2.26. The van der Waals surface area contributed by atoms with E-state index in [1.165, 1.54) is 6.08 Å². The molecular weight excluding hydrogens is 461 g/mol. The highest BCUT2D eigenvalue weighted by molar-refractivity contribution is 7.98. The lowest BCUT2D eigenvalue weighted by Crippen LogP contribution is -2.29. The Bertz CT molecular complexity index is 882. The van der Waals surface area contributed by atoms with E-state index in [-0.39, 0.29) is 12.1 Å². The van der Waals surface area contributed by atoms with E-state index in [1.54, 1.807) is 0 Å². The summed E-state index contributed by atoms with van der Waals surface area (Å²) in [7, 11) is 3.84. The number of nitrogens with zero attached hydrogens (tertiary/aromatic N) is 1. The SMILES string of the molecule is C=C(CN)CCC=O.C=C/C(SF)=C(/C)N(C)/C(=C\C(=C)c1ccccc1N)NCCCCNC. The average Bonchev–Trinajstić information content (AvgIpc) is 2.87. The second kappa shape index (κ2) is 19.5. The van der Waals surface area contributed by atoms with Crippen molar-refractivity contribution in [2.45, 2.75) is 32.6 Å². The molecule has 0 bridgehead atoms. The third-order valence-electron chi connectivity index (χ3n) is 5.17. The van der Waals surface area contributed by atoms with Gasteiger partial charge in [0.2, 0.25) is 0 Å². The quantitative estimate of drug-likeness (QED) is 0.0813. The van der Waals surface area contributed by atoms with Gasteiger partial charge in [0.25, 0.3) is 0 Å². The fourth-order valence-electron chi connectivity index (χ4n) is 2.89. The van der Waals surface area contributed by atoms with E-state index >= 15 is 0 Å². The predicted octanol–water partition coefficient (Wildman–Crippen LogP) is 5.16. The summed E-state index contributed by atoms with van der Waals surface area (Å²) >= 11 is 0.191.